The maximum Gasteiger partial charge on any atom is 0.289 e. The highest BCUT2D eigenvalue weighted by molar-refractivity contribution is 5.91. The van der Waals surface area contributed by atoms with Gasteiger partial charge in [-0.3, -0.25) is 9.69 Å². The van der Waals surface area contributed by atoms with E-state index in [0.29, 0.717) is 30.8 Å². The Kier molecular flexibility index (Phi) is 7.29. The van der Waals surface area contributed by atoms with Gasteiger partial charge in [-0.05, 0) is 47.7 Å². The molecular weight excluding hydrogens is 392 g/mol. The Morgan fingerprint density at radius 2 is 1.93 bits per heavy atom. The van der Waals surface area contributed by atoms with Crippen LogP contribution < -0.4 is 12.4 Å². The van der Waals surface area contributed by atoms with Crippen molar-refractivity contribution >= 4 is 5.91 Å². The standard InChI is InChI=1S/C20H30N6O2.ClH/c1-15(2)14-17(19-21-22-23-26(19)16-6-3-4-7-16)24-9-11-25(12-10-24)20(27)18-8-5-13-28-18;/h5,8,13,15-17H,3-4,6-7,9-12,14H2,1-2H3;1H/p-1. The first-order chi connectivity index (χ1) is 13.6. The van der Waals surface area contributed by atoms with Crippen molar-refractivity contribution in [3.05, 3.63) is 30.0 Å². The van der Waals surface area contributed by atoms with E-state index >= 15 is 0 Å². The van der Waals surface area contributed by atoms with Crippen molar-refractivity contribution in [2.45, 2.75) is 58.0 Å². The lowest BCUT2D eigenvalue weighted by atomic mass is 10.0. The second kappa shape index (κ2) is 9.71. The van der Waals surface area contributed by atoms with Gasteiger partial charge < -0.3 is 21.7 Å². The molecule has 9 heteroatoms. The summed E-state index contributed by atoms with van der Waals surface area (Å²) in [5.74, 6) is 1.92. The van der Waals surface area contributed by atoms with Gasteiger partial charge in [0.1, 0.15) is 0 Å². The average Bonchev–Trinajstić information content (AvgIpc) is 3.47. The molecule has 4 rings (SSSR count). The molecule has 1 unspecified atom stereocenters. The van der Waals surface area contributed by atoms with Gasteiger partial charge in [0.2, 0.25) is 0 Å². The van der Waals surface area contributed by atoms with Gasteiger partial charge in [0.15, 0.2) is 11.6 Å². The number of amides is 1. The minimum absolute atomic E-state index is 0. The summed E-state index contributed by atoms with van der Waals surface area (Å²) in [5, 5.41) is 12.8. The average molecular weight is 422 g/mol. The number of hydrogen-bond donors (Lipinski definition) is 0. The Morgan fingerprint density at radius 1 is 1.21 bits per heavy atom. The van der Waals surface area contributed by atoms with Gasteiger partial charge in [-0.15, -0.1) is 5.10 Å². The Balaban J connectivity index is 0.00000240. The van der Waals surface area contributed by atoms with Crippen LogP contribution in [0.1, 0.15) is 74.4 Å². The molecule has 1 aliphatic carbocycles. The molecule has 1 saturated carbocycles. The fraction of sp³-hybridized carbons (Fsp3) is 0.700. The predicted octanol–water partition coefficient (Wildman–Crippen LogP) is -0.0696. The molecule has 0 radical (unpaired) electrons. The van der Waals surface area contributed by atoms with Crippen molar-refractivity contribution in [2.75, 3.05) is 26.2 Å². The van der Waals surface area contributed by atoms with E-state index in [4.69, 9.17) is 4.42 Å². The topological polar surface area (TPSA) is 80.3 Å². The molecule has 1 saturated heterocycles. The summed E-state index contributed by atoms with van der Waals surface area (Å²) in [7, 11) is 0. The first-order valence-electron chi connectivity index (χ1n) is 10.5. The highest BCUT2D eigenvalue weighted by atomic mass is 35.5. The van der Waals surface area contributed by atoms with Crippen LogP contribution in [0.3, 0.4) is 0 Å². The lowest BCUT2D eigenvalue weighted by molar-refractivity contribution is -0.0000169. The molecular formula is C20H30ClN6O2-. The van der Waals surface area contributed by atoms with Gasteiger partial charge >= 0.3 is 0 Å². The zero-order valence-corrected chi connectivity index (χ0v) is 18.0. The van der Waals surface area contributed by atoms with E-state index in [1.807, 2.05) is 4.90 Å². The Labute approximate surface area is 178 Å². The van der Waals surface area contributed by atoms with Crippen LogP contribution in [0.5, 0.6) is 0 Å². The van der Waals surface area contributed by atoms with Crippen LogP contribution in [0.2, 0.25) is 0 Å². The predicted molar refractivity (Wildman–Crippen MR) is 104 cm³/mol. The molecule has 1 amide bonds. The summed E-state index contributed by atoms with van der Waals surface area (Å²) >= 11 is 0. The zero-order valence-electron chi connectivity index (χ0n) is 17.2. The van der Waals surface area contributed by atoms with Gasteiger partial charge in [0, 0.05) is 26.2 Å². The Hall–Kier alpha value is -1.93. The van der Waals surface area contributed by atoms with Gasteiger partial charge in [0.25, 0.3) is 5.91 Å². The fourth-order valence-corrected chi connectivity index (χ4v) is 4.49. The molecule has 29 heavy (non-hydrogen) atoms. The number of furan rings is 1. The number of tetrazole rings is 1. The maximum atomic E-state index is 12.5. The first kappa shape index (κ1) is 21.8. The molecule has 2 aliphatic rings. The van der Waals surface area contributed by atoms with Crippen molar-refractivity contribution in [2.24, 2.45) is 5.92 Å². The molecule has 1 aliphatic heterocycles. The third-order valence-corrected chi connectivity index (χ3v) is 5.96. The molecule has 2 fully saturated rings. The molecule has 0 bridgehead atoms. The highest BCUT2D eigenvalue weighted by Gasteiger charge is 2.33. The number of rotatable bonds is 6. The summed E-state index contributed by atoms with van der Waals surface area (Å²) in [5.41, 5.74) is 0. The third-order valence-electron chi connectivity index (χ3n) is 5.96. The summed E-state index contributed by atoms with van der Waals surface area (Å²) in [4.78, 5) is 16.9. The maximum absolute atomic E-state index is 12.5. The fourth-order valence-electron chi connectivity index (χ4n) is 4.49. The largest absolute Gasteiger partial charge is 1.00 e. The minimum Gasteiger partial charge on any atom is -1.00 e. The normalized spacial score (nSPS) is 19.5. The molecule has 1 atom stereocenters. The van der Waals surface area contributed by atoms with E-state index in [0.717, 1.165) is 38.2 Å². The van der Waals surface area contributed by atoms with E-state index in [9.17, 15) is 4.79 Å². The quantitative estimate of drug-likeness (QED) is 0.649. The zero-order chi connectivity index (χ0) is 19.5. The van der Waals surface area contributed by atoms with Crippen LogP contribution >= 0.6 is 0 Å². The number of nitrogens with zero attached hydrogens (tertiary/aromatic N) is 6. The smallest absolute Gasteiger partial charge is 0.289 e. The van der Waals surface area contributed by atoms with Crippen LogP contribution in [0.4, 0.5) is 0 Å². The molecule has 2 aromatic heterocycles. The Bertz CT molecular complexity index is 764. The highest BCUT2D eigenvalue weighted by Crippen LogP contribution is 2.34. The summed E-state index contributed by atoms with van der Waals surface area (Å²) in [6.45, 7) is 7.52. The molecule has 0 N–H and O–H groups in total. The second-order valence-corrected chi connectivity index (χ2v) is 8.37. The van der Waals surface area contributed by atoms with Crippen molar-refractivity contribution < 1.29 is 21.6 Å². The number of piperazine rings is 1. The summed E-state index contributed by atoms with van der Waals surface area (Å²) < 4.78 is 7.36. The lowest BCUT2D eigenvalue weighted by Crippen LogP contribution is -3.00. The van der Waals surface area contributed by atoms with Crippen LogP contribution in [-0.2, 0) is 0 Å². The monoisotopic (exact) mass is 421 g/mol. The van der Waals surface area contributed by atoms with E-state index in [1.165, 1.54) is 12.8 Å². The molecule has 8 nitrogen and oxygen atoms in total. The van der Waals surface area contributed by atoms with E-state index in [2.05, 4.69) is 39.0 Å². The van der Waals surface area contributed by atoms with Gasteiger partial charge in [-0.2, -0.15) is 0 Å². The number of carbonyl (C=O) groups excluding carboxylic acids is 1. The van der Waals surface area contributed by atoms with E-state index < -0.39 is 0 Å². The van der Waals surface area contributed by atoms with Crippen LogP contribution in [0, 0.1) is 5.92 Å². The van der Waals surface area contributed by atoms with Crippen molar-refractivity contribution in [1.82, 2.24) is 30.0 Å². The van der Waals surface area contributed by atoms with Gasteiger partial charge in [-0.25, -0.2) is 4.68 Å². The van der Waals surface area contributed by atoms with Crippen LogP contribution in [0.15, 0.2) is 22.8 Å². The van der Waals surface area contributed by atoms with Crippen LogP contribution in [0.25, 0.3) is 0 Å². The molecule has 2 aromatic rings. The molecule has 0 aromatic carbocycles. The lowest BCUT2D eigenvalue weighted by Gasteiger charge is -2.39. The number of carbonyl (C=O) groups is 1. The van der Waals surface area contributed by atoms with Crippen LogP contribution in [-0.4, -0.2) is 62.1 Å². The first-order valence-corrected chi connectivity index (χ1v) is 10.5. The SMILES string of the molecule is CC(C)CC(c1nnnn1C1CCCC1)N1CCN(C(=O)c2ccco2)CC1.[Cl-]. The van der Waals surface area contributed by atoms with Crippen molar-refractivity contribution in [1.29, 1.82) is 0 Å². The van der Waals surface area contributed by atoms with Gasteiger partial charge in [-0.1, -0.05) is 26.7 Å². The van der Waals surface area contributed by atoms with Crippen molar-refractivity contribution in [3.63, 3.8) is 0 Å². The Morgan fingerprint density at radius 3 is 2.55 bits per heavy atom. The second-order valence-electron chi connectivity index (χ2n) is 8.37. The number of aromatic nitrogens is 4. The van der Waals surface area contributed by atoms with Crippen molar-refractivity contribution in [3.8, 4) is 0 Å². The minimum atomic E-state index is -0.0270. The van der Waals surface area contributed by atoms with Gasteiger partial charge in [0.05, 0.1) is 18.3 Å². The molecule has 160 valence electrons. The molecule has 0 spiro atoms. The number of halogens is 1. The third kappa shape index (κ3) is 4.80. The number of hydrogen-bond acceptors (Lipinski definition) is 6. The molecule has 3 heterocycles. The summed E-state index contributed by atoms with van der Waals surface area (Å²) in [6.07, 6.45) is 7.40. The van der Waals surface area contributed by atoms with E-state index in [-0.39, 0.29) is 24.4 Å². The summed E-state index contributed by atoms with van der Waals surface area (Å²) in [6, 6.07) is 4.11. The van der Waals surface area contributed by atoms with E-state index in [1.54, 1.807) is 18.4 Å².